The van der Waals surface area contributed by atoms with Crippen LogP contribution in [0.2, 0.25) is 0 Å². The number of amides is 1. The van der Waals surface area contributed by atoms with Crippen LogP contribution in [0.5, 0.6) is 0 Å². The van der Waals surface area contributed by atoms with Crippen molar-refractivity contribution in [3.05, 3.63) is 65.7 Å². The van der Waals surface area contributed by atoms with E-state index in [1.165, 1.54) is 12.1 Å². The Labute approximate surface area is 128 Å². The standard InChI is InChI=1S/C17H17FN2O2/c18-15-5-1-3-13(9-15)10-16-12-20(7-8-22-16)17(21)14-4-2-6-19-11-14/h1-6,9,11,16H,7-8,10,12H2. The summed E-state index contributed by atoms with van der Waals surface area (Å²) in [5, 5.41) is 0. The fourth-order valence-electron chi connectivity index (χ4n) is 2.63. The summed E-state index contributed by atoms with van der Waals surface area (Å²) in [6, 6.07) is 9.99. The molecule has 1 fully saturated rings. The molecule has 3 rings (SSSR count). The van der Waals surface area contributed by atoms with Crippen LogP contribution in [-0.2, 0) is 11.2 Å². The summed E-state index contributed by atoms with van der Waals surface area (Å²) < 4.78 is 18.9. The molecule has 0 radical (unpaired) electrons. The number of aromatic nitrogens is 1. The highest BCUT2D eigenvalue weighted by Crippen LogP contribution is 2.15. The third-order valence-electron chi connectivity index (χ3n) is 3.69. The first-order chi connectivity index (χ1) is 10.7. The predicted octanol–water partition coefficient (Wildman–Crippen LogP) is 2.30. The summed E-state index contributed by atoms with van der Waals surface area (Å²) in [5.74, 6) is -0.294. The van der Waals surface area contributed by atoms with Gasteiger partial charge in [-0.1, -0.05) is 12.1 Å². The lowest BCUT2D eigenvalue weighted by Crippen LogP contribution is -2.46. The Hall–Kier alpha value is -2.27. The average Bonchev–Trinajstić information content (AvgIpc) is 2.55. The van der Waals surface area contributed by atoms with Crippen molar-refractivity contribution in [2.45, 2.75) is 12.5 Å². The monoisotopic (exact) mass is 300 g/mol. The van der Waals surface area contributed by atoms with Gasteiger partial charge in [-0.05, 0) is 29.8 Å². The fourth-order valence-corrected chi connectivity index (χ4v) is 2.63. The minimum Gasteiger partial charge on any atom is -0.374 e. The second-order valence-electron chi connectivity index (χ2n) is 5.32. The maximum absolute atomic E-state index is 13.2. The summed E-state index contributed by atoms with van der Waals surface area (Å²) in [4.78, 5) is 18.2. The van der Waals surface area contributed by atoms with Crippen LogP contribution in [0.25, 0.3) is 0 Å². The third kappa shape index (κ3) is 3.49. The first-order valence-corrected chi connectivity index (χ1v) is 7.28. The number of rotatable bonds is 3. The van der Waals surface area contributed by atoms with Crippen molar-refractivity contribution in [2.24, 2.45) is 0 Å². The molecule has 0 bridgehead atoms. The van der Waals surface area contributed by atoms with Gasteiger partial charge in [-0.15, -0.1) is 0 Å². The van der Waals surface area contributed by atoms with Crippen LogP contribution in [-0.4, -0.2) is 41.6 Å². The molecule has 1 aromatic carbocycles. The number of morpholine rings is 1. The molecule has 114 valence electrons. The molecule has 1 atom stereocenters. The van der Waals surface area contributed by atoms with Gasteiger partial charge in [-0.25, -0.2) is 4.39 Å². The van der Waals surface area contributed by atoms with Crippen LogP contribution < -0.4 is 0 Å². The zero-order valence-electron chi connectivity index (χ0n) is 12.1. The van der Waals surface area contributed by atoms with Gasteiger partial charge >= 0.3 is 0 Å². The van der Waals surface area contributed by atoms with E-state index < -0.39 is 0 Å². The molecule has 22 heavy (non-hydrogen) atoms. The molecular weight excluding hydrogens is 283 g/mol. The quantitative estimate of drug-likeness (QED) is 0.873. The molecule has 1 unspecified atom stereocenters. The summed E-state index contributed by atoms with van der Waals surface area (Å²) in [6.07, 6.45) is 3.69. The van der Waals surface area contributed by atoms with E-state index in [1.807, 2.05) is 6.07 Å². The normalized spacial score (nSPS) is 18.2. The van der Waals surface area contributed by atoms with Gasteiger partial charge in [-0.3, -0.25) is 9.78 Å². The first-order valence-electron chi connectivity index (χ1n) is 7.28. The Morgan fingerprint density at radius 3 is 3.05 bits per heavy atom. The van der Waals surface area contributed by atoms with Crippen LogP contribution in [0.4, 0.5) is 4.39 Å². The summed E-state index contributed by atoms with van der Waals surface area (Å²) in [6.45, 7) is 1.56. The molecule has 0 saturated carbocycles. The SMILES string of the molecule is O=C(c1cccnc1)N1CCOC(Cc2cccc(F)c2)C1. The summed E-state index contributed by atoms with van der Waals surface area (Å²) >= 11 is 0. The Balaban J connectivity index is 1.65. The number of nitrogens with zero attached hydrogens (tertiary/aromatic N) is 2. The zero-order chi connectivity index (χ0) is 15.4. The molecule has 4 nitrogen and oxygen atoms in total. The number of benzene rings is 1. The molecule has 0 spiro atoms. The Kier molecular flexibility index (Phi) is 4.44. The number of hydrogen-bond acceptors (Lipinski definition) is 3. The van der Waals surface area contributed by atoms with Crippen molar-refractivity contribution in [1.29, 1.82) is 0 Å². The minimum absolute atomic E-state index is 0.0411. The van der Waals surface area contributed by atoms with Gasteiger partial charge in [0.1, 0.15) is 5.82 Å². The van der Waals surface area contributed by atoms with E-state index in [4.69, 9.17) is 4.74 Å². The maximum Gasteiger partial charge on any atom is 0.255 e. The highest BCUT2D eigenvalue weighted by molar-refractivity contribution is 5.93. The van der Waals surface area contributed by atoms with E-state index in [1.54, 1.807) is 35.5 Å². The van der Waals surface area contributed by atoms with Crippen molar-refractivity contribution < 1.29 is 13.9 Å². The summed E-state index contributed by atoms with van der Waals surface area (Å²) in [7, 11) is 0. The third-order valence-corrected chi connectivity index (χ3v) is 3.69. The second kappa shape index (κ2) is 6.66. The maximum atomic E-state index is 13.2. The van der Waals surface area contributed by atoms with E-state index in [-0.39, 0.29) is 17.8 Å². The summed E-state index contributed by atoms with van der Waals surface area (Å²) in [5.41, 5.74) is 1.45. The van der Waals surface area contributed by atoms with Crippen LogP contribution in [0.1, 0.15) is 15.9 Å². The molecule has 0 N–H and O–H groups in total. The minimum atomic E-state index is -0.253. The van der Waals surface area contributed by atoms with Crippen molar-refractivity contribution in [1.82, 2.24) is 9.88 Å². The smallest absolute Gasteiger partial charge is 0.255 e. The Morgan fingerprint density at radius 1 is 1.36 bits per heavy atom. The van der Waals surface area contributed by atoms with Crippen molar-refractivity contribution in [3.8, 4) is 0 Å². The second-order valence-corrected chi connectivity index (χ2v) is 5.32. The topological polar surface area (TPSA) is 42.4 Å². The molecule has 5 heteroatoms. The van der Waals surface area contributed by atoms with Gasteiger partial charge < -0.3 is 9.64 Å². The highest BCUT2D eigenvalue weighted by Gasteiger charge is 2.25. The number of hydrogen-bond donors (Lipinski definition) is 0. The van der Waals surface area contributed by atoms with E-state index in [0.717, 1.165) is 5.56 Å². The molecule has 1 aromatic heterocycles. The van der Waals surface area contributed by atoms with Gasteiger partial charge in [0, 0.05) is 31.9 Å². The molecule has 2 heterocycles. The number of halogens is 1. The van der Waals surface area contributed by atoms with E-state index in [0.29, 0.717) is 31.7 Å². The lowest BCUT2D eigenvalue weighted by molar-refractivity contribution is -0.0208. The van der Waals surface area contributed by atoms with Crippen LogP contribution in [0.3, 0.4) is 0 Å². The number of ether oxygens (including phenoxy) is 1. The van der Waals surface area contributed by atoms with Crippen LogP contribution in [0.15, 0.2) is 48.8 Å². The van der Waals surface area contributed by atoms with E-state index in [2.05, 4.69) is 4.98 Å². The van der Waals surface area contributed by atoms with Crippen molar-refractivity contribution >= 4 is 5.91 Å². The van der Waals surface area contributed by atoms with Crippen molar-refractivity contribution in [3.63, 3.8) is 0 Å². The largest absolute Gasteiger partial charge is 0.374 e. The van der Waals surface area contributed by atoms with E-state index in [9.17, 15) is 9.18 Å². The molecule has 1 aliphatic rings. The zero-order valence-corrected chi connectivity index (χ0v) is 12.1. The van der Waals surface area contributed by atoms with Gasteiger partial charge in [0.05, 0.1) is 18.3 Å². The lowest BCUT2D eigenvalue weighted by Gasteiger charge is -2.33. The molecule has 1 amide bonds. The number of pyridine rings is 1. The highest BCUT2D eigenvalue weighted by atomic mass is 19.1. The molecule has 1 saturated heterocycles. The molecular formula is C17H17FN2O2. The predicted molar refractivity (Wildman–Crippen MR) is 80.0 cm³/mol. The Morgan fingerprint density at radius 2 is 2.27 bits per heavy atom. The van der Waals surface area contributed by atoms with Gasteiger partial charge in [0.15, 0.2) is 0 Å². The number of carbonyl (C=O) groups excluding carboxylic acids is 1. The van der Waals surface area contributed by atoms with Crippen LogP contribution in [0, 0.1) is 5.82 Å². The first kappa shape index (κ1) is 14.7. The van der Waals surface area contributed by atoms with Gasteiger partial charge in [-0.2, -0.15) is 0 Å². The van der Waals surface area contributed by atoms with E-state index >= 15 is 0 Å². The molecule has 2 aromatic rings. The Bertz CT molecular complexity index is 648. The average molecular weight is 300 g/mol. The van der Waals surface area contributed by atoms with Gasteiger partial charge in [0.25, 0.3) is 5.91 Å². The lowest BCUT2D eigenvalue weighted by atomic mass is 10.1. The molecule has 0 aliphatic carbocycles. The fraction of sp³-hybridized carbons (Fsp3) is 0.294. The van der Waals surface area contributed by atoms with Gasteiger partial charge in [0.2, 0.25) is 0 Å². The van der Waals surface area contributed by atoms with Crippen LogP contribution >= 0.6 is 0 Å². The van der Waals surface area contributed by atoms with Crippen molar-refractivity contribution in [2.75, 3.05) is 19.7 Å². The molecule has 1 aliphatic heterocycles. The number of carbonyl (C=O) groups is 1.